The highest BCUT2D eigenvalue weighted by Gasteiger charge is 2.22. The van der Waals surface area contributed by atoms with Crippen molar-refractivity contribution in [1.29, 1.82) is 0 Å². The summed E-state index contributed by atoms with van der Waals surface area (Å²) in [6.45, 7) is 4.08. The summed E-state index contributed by atoms with van der Waals surface area (Å²) in [7, 11) is 0. The van der Waals surface area contributed by atoms with Gasteiger partial charge >= 0.3 is 5.97 Å². The van der Waals surface area contributed by atoms with Crippen molar-refractivity contribution in [3.05, 3.63) is 89.1 Å². The van der Waals surface area contributed by atoms with Crippen LogP contribution < -0.4 is 0 Å². The van der Waals surface area contributed by atoms with E-state index < -0.39 is 5.97 Å². The zero-order valence-corrected chi connectivity index (χ0v) is 15.2. The van der Waals surface area contributed by atoms with Gasteiger partial charge in [0.2, 0.25) is 5.78 Å². The number of ether oxygens (including phenoxy) is 1. The van der Waals surface area contributed by atoms with Crippen LogP contribution in [-0.4, -0.2) is 22.8 Å². The lowest BCUT2D eigenvalue weighted by molar-refractivity contribution is 0.0529. The van der Waals surface area contributed by atoms with E-state index >= 15 is 0 Å². The smallest absolute Gasteiger partial charge is 0.340 e. The third-order valence-corrected chi connectivity index (χ3v) is 4.65. The Balaban J connectivity index is 2.04. The molecule has 2 aromatic carbocycles. The van der Waals surface area contributed by atoms with Crippen LogP contribution in [-0.2, 0) is 4.74 Å². The summed E-state index contributed by atoms with van der Waals surface area (Å²) in [6.07, 6.45) is 0. The minimum Gasteiger partial charge on any atom is -0.462 e. The van der Waals surface area contributed by atoms with Gasteiger partial charge in [-0.05, 0) is 43.5 Å². The Morgan fingerprint density at radius 3 is 2.41 bits per heavy atom. The van der Waals surface area contributed by atoms with Crippen LogP contribution in [0.25, 0.3) is 16.4 Å². The zero-order chi connectivity index (χ0) is 19.0. The molecule has 0 bridgehead atoms. The molecule has 0 spiro atoms. The number of hydrogen-bond donors (Lipinski definition) is 0. The monoisotopic (exact) mass is 357 g/mol. The number of benzene rings is 2. The molecule has 2 aromatic heterocycles. The van der Waals surface area contributed by atoms with Crippen LogP contribution in [0.5, 0.6) is 0 Å². The van der Waals surface area contributed by atoms with Gasteiger partial charge in [0.25, 0.3) is 0 Å². The van der Waals surface area contributed by atoms with Crippen LogP contribution in [0.1, 0.15) is 38.9 Å². The van der Waals surface area contributed by atoms with Gasteiger partial charge in [-0.2, -0.15) is 0 Å². The molecular formula is C23H19NO3. The Kier molecular flexibility index (Phi) is 4.24. The van der Waals surface area contributed by atoms with Crippen LogP contribution in [0.4, 0.5) is 0 Å². The van der Waals surface area contributed by atoms with E-state index in [9.17, 15) is 9.59 Å². The van der Waals surface area contributed by atoms with Gasteiger partial charge in [-0.15, -0.1) is 0 Å². The van der Waals surface area contributed by atoms with E-state index in [4.69, 9.17) is 4.74 Å². The predicted molar refractivity (Wildman–Crippen MR) is 105 cm³/mol. The number of pyridine rings is 1. The summed E-state index contributed by atoms with van der Waals surface area (Å²) in [4.78, 5) is 25.7. The fraction of sp³-hybridized carbons (Fsp3) is 0.130. The number of ketones is 1. The number of rotatable bonds is 4. The summed E-state index contributed by atoms with van der Waals surface area (Å²) in [5.41, 5.74) is 4.12. The van der Waals surface area contributed by atoms with Gasteiger partial charge in [-0.1, -0.05) is 48.0 Å². The van der Waals surface area contributed by atoms with E-state index in [1.807, 2.05) is 53.8 Å². The predicted octanol–water partition coefficient (Wildman–Crippen LogP) is 4.81. The average molecular weight is 357 g/mol. The maximum atomic E-state index is 13.2. The van der Waals surface area contributed by atoms with Crippen molar-refractivity contribution in [1.82, 2.24) is 4.40 Å². The third-order valence-electron chi connectivity index (χ3n) is 4.65. The maximum Gasteiger partial charge on any atom is 0.340 e. The highest BCUT2D eigenvalue weighted by atomic mass is 16.5. The number of esters is 1. The second kappa shape index (κ2) is 6.72. The quantitative estimate of drug-likeness (QED) is 0.389. The van der Waals surface area contributed by atoms with E-state index in [1.165, 1.54) is 0 Å². The minimum atomic E-state index is -0.423. The Morgan fingerprint density at radius 1 is 0.926 bits per heavy atom. The SMILES string of the molecule is CCOC(=O)c1cc(C(=O)c2ccccc2)n2c1ccc1cc(C)ccc12. The Hall–Kier alpha value is -3.40. The van der Waals surface area contributed by atoms with Crippen molar-refractivity contribution in [3.63, 3.8) is 0 Å². The lowest BCUT2D eigenvalue weighted by Gasteiger charge is -2.08. The molecule has 134 valence electrons. The molecule has 0 unspecified atom stereocenters. The molecule has 0 atom stereocenters. The molecule has 4 rings (SSSR count). The number of aryl methyl sites for hydroxylation is 1. The van der Waals surface area contributed by atoms with Crippen molar-refractivity contribution >= 4 is 28.2 Å². The molecule has 0 aliphatic carbocycles. The van der Waals surface area contributed by atoms with Crippen LogP contribution in [0.3, 0.4) is 0 Å². The van der Waals surface area contributed by atoms with E-state index in [-0.39, 0.29) is 12.4 Å². The zero-order valence-electron chi connectivity index (χ0n) is 15.2. The number of nitrogens with zero attached hydrogens (tertiary/aromatic N) is 1. The number of carbonyl (C=O) groups is 2. The molecule has 0 saturated heterocycles. The number of hydrogen-bond acceptors (Lipinski definition) is 3. The van der Waals surface area contributed by atoms with Gasteiger partial charge in [-0.25, -0.2) is 4.79 Å². The van der Waals surface area contributed by atoms with Gasteiger partial charge in [-0.3, -0.25) is 4.79 Å². The second-order valence-corrected chi connectivity index (χ2v) is 6.48. The average Bonchev–Trinajstić information content (AvgIpc) is 3.08. The molecule has 4 nitrogen and oxygen atoms in total. The first-order valence-electron chi connectivity index (χ1n) is 8.92. The molecule has 0 amide bonds. The summed E-state index contributed by atoms with van der Waals surface area (Å²) < 4.78 is 7.06. The second-order valence-electron chi connectivity index (χ2n) is 6.48. The summed E-state index contributed by atoms with van der Waals surface area (Å²) in [5, 5.41) is 1.01. The van der Waals surface area contributed by atoms with Crippen molar-refractivity contribution < 1.29 is 14.3 Å². The Labute approximate surface area is 157 Å². The number of fused-ring (bicyclic) bond motifs is 3. The summed E-state index contributed by atoms with van der Waals surface area (Å²) >= 11 is 0. The Morgan fingerprint density at radius 2 is 1.67 bits per heavy atom. The number of carbonyl (C=O) groups excluding carboxylic acids is 2. The third kappa shape index (κ3) is 2.89. The molecule has 0 aliphatic heterocycles. The molecule has 4 heteroatoms. The normalized spacial score (nSPS) is 11.0. The van der Waals surface area contributed by atoms with Crippen molar-refractivity contribution in [2.45, 2.75) is 13.8 Å². The molecule has 0 aliphatic rings. The van der Waals surface area contributed by atoms with Gasteiger partial charge in [0, 0.05) is 5.56 Å². The lowest BCUT2D eigenvalue weighted by atomic mass is 10.1. The molecule has 0 N–H and O–H groups in total. The van der Waals surface area contributed by atoms with Gasteiger partial charge in [0.15, 0.2) is 0 Å². The van der Waals surface area contributed by atoms with Gasteiger partial charge < -0.3 is 9.14 Å². The first kappa shape index (κ1) is 17.0. The molecule has 0 radical (unpaired) electrons. The summed E-state index contributed by atoms with van der Waals surface area (Å²) in [6, 6.07) is 20.6. The first-order chi connectivity index (χ1) is 13.1. The maximum absolute atomic E-state index is 13.2. The van der Waals surface area contributed by atoms with E-state index in [1.54, 1.807) is 25.1 Å². The standard InChI is InChI=1S/C23H19NO3/c1-3-27-23(26)18-14-21(22(25)16-7-5-4-6-8-16)24-19-11-9-15(2)13-17(19)10-12-20(18)24/h4-14H,3H2,1-2H3. The number of aromatic nitrogens is 1. The first-order valence-corrected chi connectivity index (χ1v) is 8.92. The van der Waals surface area contributed by atoms with Crippen molar-refractivity contribution in [2.75, 3.05) is 6.61 Å². The molecular weight excluding hydrogens is 338 g/mol. The van der Waals surface area contributed by atoms with Crippen LogP contribution in [0, 0.1) is 6.92 Å². The fourth-order valence-corrected chi connectivity index (χ4v) is 3.41. The molecule has 27 heavy (non-hydrogen) atoms. The van der Waals surface area contributed by atoms with Gasteiger partial charge in [0.05, 0.1) is 28.9 Å². The lowest BCUT2D eigenvalue weighted by Crippen LogP contribution is -2.05. The highest BCUT2D eigenvalue weighted by Crippen LogP contribution is 2.27. The molecule has 0 fully saturated rings. The topological polar surface area (TPSA) is 47.8 Å². The van der Waals surface area contributed by atoms with Crippen LogP contribution in [0.15, 0.2) is 66.7 Å². The van der Waals surface area contributed by atoms with E-state index in [0.29, 0.717) is 22.3 Å². The summed E-state index contributed by atoms with van der Waals surface area (Å²) in [5.74, 6) is -0.553. The van der Waals surface area contributed by atoms with E-state index in [2.05, 4.69) is 6.07 Å². The Bertz CT molecular complexity index is 1170. The van der Waals surface area contributed by atoms with Crippen molar-refractivity contribution in [2.24, 2.45) is 0 Å². The van der Waals surface area contributed by atoms with Crippen molar-refractivity contribution in [3.8, 4) is 0 Å². The molecule has 2 heterocycles. The van der Waals surface area contributed by atoms with Crippen LogP contribution >= 0.6 is 0 Å². The van der Waals surface area contributed by atoms with Gasteiger partial charge in [0.1, 0.15) is 0 Å². The molecule has 0 saturated carbocycles. The highest BCUT2D eigenvalue weighted by molar-refractivity contribution is 6.12. The molecule has 4 aromatic rings. The van der Waals surface area contributed by atoms with Crippen LogP contribution in [0.2, 0.25) is 0 Å². The minimum absolute atomic E-state index is 0.130. The fourth-order valence-electron chi connectivity index (χ4n) is 3.41. The van der Waals surface area contributed by atoms with E-state index in [0.717, 1.165) is 16.5 Å². The largest absolute Gasteiger partial charge is 0.462 e.